The molecule has 28 heavy (non-hydrogen) atoms. The summed E-state index contributed by atoms with van der Waals surface area (Å²) in [4.78, 5) is 37.9. The summed E-state index contributed by atoms with van der Waals surface area (Å²) in [7, 11) is 1.86. The summed E-state index contributed by atoms with van der Waals surface area (Å²) in [6.45, 7) is 3.74. The van der Waals surface area contributed by atoms with E-state index in [2.05, 4.69) is 5.32 Å². The van der Waals surface area contributed by atoms with Crippen LogP contribution in [0.1, 0.15) is 24.5 Å². The van der Waals surface area contributed by atoms with Gasteiger partial charge in [0.05, 0.1) is 41.7 Å². The highest BCUT2D eigenvalue weighted by Gasteiger charge is 2.59. The van der Waals surface area contributed by atoms with E-state index < -0.39 is 18.0 Å². The molecule has 0 saturated carbocycles. The van der Waals surface area contributed by atoms with E-state index in [-0.39, 0.29) is 23.6 Å². The number of aromatic nitrogens is 2. The quantitative estimate of drug-likeness (QED) is 0.341. The van der Waals surface area contributed by atoms with Crippen LogP contribution in [-0.4, -0.2) is 45.0 Å². The van der Waals surface area contributed by atoms with Crippen LogP contribution in [0.25, 0.3) is 10.4 Å². The fourth-order valence-corrected chi connectivity index (χ4v) is 5.66. The third kappa shape index (κ3) is 2.41. The number of carboxylic acid groups (broad SMARTS) is 1. The van der Waals surface area contributed by atoms with Crippen LogP contribution in [0.4, 0.5) is 0 Å². The van der Waals surface area contributed by atoms with Crippen molar-refractivity contribution in [2.24, 2.45) is 18.9 Å². The highest BCUT2D eigenvalue weighted by Crippen LogP contribution is 2.50. The van der Waals surface area contributed by atoms with Gasteiger partial charge in [0, 0.05) is 11.5 Å². The topological polar surface area (TPSA) is 119 Å². The molecular weight excluding hydrogens is 384 g/mol. The summed E-state index contributed by atoms with van der Waals surface area (Å²) in [6, 6.07) is -0.385. The van der Waals surface area contributed by atoms with Crippen molar-refractivity contribution < 1.29 is 29.0 Å². The number of amides is 2. The third-order valence-electron chi connectivity index (χ3n) is 5.66. The second-order valence-electron chi connectivity index (χ2n) is 7.26. The molecule has 4 heterocycles. The Balaban J connectivity index is 1.81. The number of fused-ring (bicyclic) bond motifs is 2. The third-order valence-corrected chi connectivity index (χ3v) is 6.72. The molecule has 2 aromatic rings. The Morgan fingerprint density at radius 2 is 2.25 bits per heavy atom. The van der Waals surface area contributed by atoms with Crippen molar-refractivity contribution in [3.8, 4) is 0 Å². The van der Waals surface area contributed by atoms with Crippen molar-refractivity contribution in [2.45, 2.75) is 32.5 Å². The molecule has 2 amide bonds. The van der Waals surface area contributed by atoms with Crippen molar-refractivity contribution in [1.29, 1.82) is 0 Å². The van der Waals surface area contributed by atoms with Crippen molar-refractivity contribution in [1.82, 2.24) is 14.8 Å². The van der Waals surface area contributed by atoms with E-state index >= 15 is 0 Å². The SMILES string of the molecule is C[C@@H](O)[C@H]1C(=O)N2C(C(=O)[O-])=C(c3c[n+]4c(CNC=O)n(C)cc4s3)[C@H](C)[C@H]12. The lowest BCUT2D eigenvalue weighted by atomic mass is 9.77. The standard InChI is InChI=1S/C18H20N4O5S/c1-8-13(16(18(26)27)22-15(8)14(9(2)24)17(22)25)10-5-21-11(4-19-7-23)20(3)6-12(21)28-10/h5-9,14-15,24H,4H2,1-3H3,(H-,19,23,26,27)/t8-,9+,14+,15+/m0/s1. The molecular formula is C18H20N4O5S. The first-order chi connectivity index (χ1) is 13.3. The number of aliphatic hydroxyl groups excluding tert-OH is 1. The summed E-state index contributed by atoms with van der Waals surface area (Å²) in [5.74, 6) is -1.82. The van der Waals surface area contributed by atoms with Crippen LogP contribution in [0, 0.1) is 11.8 Å². The molecule has 0 aliphatic carbocycles. The molecule has 148 valence electrons. The normalized spacial score (nSPS) is 25.1. The number of aliphatic hydroxyl groups is 1. The second kappa shape index (κ2) is 6.42. The van der Waals surface area contributed by atoms with E-state index in [1.165, 1.54) is 16.2 Å². The van der Waals surface area contributed by atoms with E-state index in [1.807, 2.05) is 35.3 Å². The van der Waals surface area contributed by atoms with E-state index in [0.717, 1.165) is 15.5 Å². The lowest BCUT2D eigenvalue weighted by Gasteiger charge is -2.47. The number of nitrogens with one attached hydrogen (secondary N) is 1. The zero-order valence-electron chi connectivity index (χ0n) is 15.6. The van der Waals surface area contributed by atoms with E-state index in [4.69, 9.17) is 0 Å². The monoisotopic (exact) mass is 404 g/mol. The number of carboxylic acids is 1. The maximum absolute atomic E-state index is 12.5. The van der Waals surface area contributed by atoms with E-state index in [9.17, 15) is 24.6 Å². The van der Waals surface area contributed by atoms with Gasteiger partial charge >= 0.3 is 0 Å². The number of carbonyl (C=O) groups excluding carboxylic acids is 3. The zero-order chi connectivity index (χ0) is 20.3. The van der Waals surface area contributed by atoms with Crippen LogP contribution in [0.5, 0.6) is 0 Å². The predicted molar refractivity (Wildman–Crippen MR) is 96.2 cm³/mol. The maximum atomic E-state index is 12.5. The molecule has 2 aliphatic rings. The molecule has 1 fully saturated rings. The van der Waals surface area contributed by atoms with Crippen LogP contribution in [0.2, 0.25) is 0 Å². The molecule has 9 nitrogen and oxygen atoms in total. The van der Waals surface area contributed by atoms with Gasteiger partial charge in [-0.25, -0.2) is 4.57 Å². The number of rotatable bonds is 6. The minimum absolute atomic E-state index is 0.110. The first kappa shape index (κ1) is 18.6. The van der Waals surface area contributed by atoms with Crippen molar-refractivity contribution >= 4 is 40.0 Å². The van der Waals surface area contributed by atoms with Gasteiger partial charge in [0.1, 0.15) is 18.9 Å². The highest BCUT2D eigenvalue weighted by molar-refractivity contribution is 7.17. The molecule has 0 bridgehead atoms. The largest absolute Gasteiger partial charge is 0.543 e. The van der Waals surface area contributed by atoms with E-state index in [0.29, 0.717) is 18.5 Å². The van der Waals surface area contributed by atoms with Crippen LogP contribution >= 0.6 is 11.3 Å². The Kier molecular flexibility index (Phi) is 4.27. The first-order valence-electron chi connectivity index (χ1n) is 8.91. The number of thiazole rings is 1. The van der Waals surface area contributed by atoms with Crippen LogP contribution in [0.3, 0.4) is 0 Å². The molecule has 0 spiro atoms. The Hall–Kier alpha value is -2.72. The van der Waals surface area contributed by atoms with Crippen LogP contribution in [-0.2, 0) is 28.0 Å². The van der Waals surface area contributed by atoms with Gasteiger partial charge in [-0.15, -0.1) is 0 Å². The fraction of sp³-hybridized carbons (Fsp3) is 0.444. The van der Waals surface area contributed by atoms with Gasteiger partial charge in [0.25, 0.3) is 5.82 Å². The lowest BCUT2D eigenvalue weighted by molar-refractivity contribution is -0.518. The summed E-state index contributed by atoms with van der Waals surface area (Å²) in [6.07, 6.45) is 3.49. The second-order valence-corrected chi connectivity index (χ2v) is 8.32. The summed E-state index contributed by atoms with van der Waals surface area (Å²) in [5, 5.41) is 24.5. The molecule has 2 aromatic heterocycles. The van der Waals surface area contributed by atoms with Gasteiger partial charge in [-0.1, -0.05) is 18.3 Å². The highest BCUT2D eigenvalue weighted by atomic mass is 32.1. The van der Waals surface area contributed by atoms with Crippen molar-refractivity contribution in [3.63, 3.8) is 0 Å². The Bertz CT molecular complexity index is 1040. The summed E-state index contributed by atoms with van der Waals surface area (Å²) < 4.78 is 3.78. The van der Waals surface area contributed by atoms with Crippen molar-refractivity contribution in [3.05, 3.63) is 28.8 Å². The van der Waals surface area contributed by atoms with Crippen LogP contribution < -0.4 is 14.8 Å². The van der Waals surface area contributed by atoms with Gasteiger partial charge in [0.2, 0.25) is 17.1 Å². The van der Waals surface area contributed by atoms with Gasteiger partial charge in [-0.05, 0) is 6.92 Å². The number of aryl methyl sites for hydroxylation is 1. The average molecular weight is 404 g/mol. The first-order valence-corrected chi connectivity index (χ1v) is 9.73. The Labute approximate surface area is 164 Å². The number of nitrogens with zero attached hydrogens (tertiary/aromatic N) is 3. The Morgan fingerprint density at radius 1 is 1.54 bits per heavy atom. The molecule has 0 unspecified atom stereocenters. The lowest BCUT2D eigenvalue weighted by Crippen LogP contribution is -2.64. The van der Waals surface area contributed by atoms with Gasteiger partial charge < -0.3 is 25.2 Å². The molecule has 1 saturated heterocycles. The average Bonchev–Trinajstić information content (AvgIpc) is 3.20. The number of imidazole rings is 1. The molecule has 0 radical (unpaired) electrons. The summed E-state index contributed by atoms with van der Waals surface area (Å²) >= 11 is 1.41. The van der Waals surface area contributed by atoms with Crippen molar-refractivity contribution in [2.75, 3.05) is 0 Å². The van der Waals surface area contributed by atoms with Gasteiger partial charge in [0.15, 0.2) is 0 Å². The van der Waals surface area contributed by atoms with E-state index in [1.54, 1.807) is 6.92 Å². The minimum atomic E-state index is -1.40. The number of carbonyl (C=O) groups is 3. The molecule has 4 atom stereocenters. The number of hydrogen-bond acceptors (Lipinski definition) is 6. The number of aliphatic carboxylic acids is 1. The fourth-order valence-electron chi connectivity index (χ4n) is 4.42. The molecule has 4 rings (SSSR count). The molecule has 0 aromatic carbocycles. The van der Waals surface area contributed by atoms with Crippen LogP contribution in [0.15, 0.2) is 18.1 Å². The Morgan fingerprint density at radius 3 is 2.86 bits per heavy atom. The zero-order valence-corrected chi connectivity index (χ0v) is 16.4. The molecule has 10 heteroatoms. The summed E-state index contributed by atoms with van der Waals surface area (Å²) in [5.41, 5.74) is 0.438. The maximum Gasteiger partial charge on any atom is 0.281 e. The molecule has 2 aliphatic heterocycles. The predicted octanol–water partition coefficient (Wildman–Crippen LogP) is -1.61. The minimum Gasteiger partial charge on any atom is -0.543 e. The number of hydrogen-bond donors (Lipinski definition) is 2. The molecule has 2 N–H and O–H groups in total. The van der Waals surface area contributed by atoms with Gasteiger partial charge in [-0.3, -0.25) is 9.59 Å². The smallest absolute Gasteiger partial charge is 0.281 e. The van der Waals surface area contributed by atoms with Gasteiger partial charge in [-0.2, -0.15) is 4.40 Å². The number of β-lactam (4-membered cyclic amide) rings is 1.